The van der Waals surface area contributed by atoms with E-state index >= 15 is 0 Å². The van der Waals surface area contributed by atoms with Gasteiger partial charge in [0, 0.05) is 38.3 Å². The lowest BCUT2D eigenvalue weighted by Gasteiger charge is -2.35. The Morgan fingerprint density at radius 1 is 1.00 bits per heavy atom. The number of aryl methyl sites for hydroxylation is 1. The Balaban J connectivity index is 1.19. The number of hydrogen-bond donors (Lipinski definition) is 1. The number of anilines is 2. The van der Waals surface area contributed by atoms with E-state index in [0.717, 1.165) is 60.8 Å². The fraction of sp³-hybridized carbons (Fsp3) is 0.219. The van der Waals surface area contributed by atoms with Gasteiger partial charge in [-0.2, -0.15) is 14.0 Å². The molecule has 0 spiro atoms. The standard InChI is InChI=1S/C32H29F2N5O2/c1-22-7-13-27(28(19-35)30(22)24-5-3-2-4-6-24)31(40)37-25-10-14-29(36-20-25)39-17-15-38(16-18-39)21-23-8-11-26(12-9-23)41-32(33)34/h2-14,20,32H,15-18,21H2,1H3,(H,37,40). The number of aromatic nitrogens is 1. The molecule has 1 N–H and O–H groups in total. The minimum Gasteiger partial charge on any atom is -0.435 e. The fourth-order valence-electron chi connectivity index (χ4n) is 5.00. The zero-order valence-corrected chi connectivity index (χ0v) is 22.6. The summed E-state index contributed by atoms with van der Waals surface area (Å²) >= 11 is 0. The van der Waals surface area contributed by atoms with Crippen LogP contribution in [0.5, 0.6) is 5.75 Å². The predicted octanol–water partition coefficient (Wildman–Crippen LogP) is 6.10. The number of piperazine rings is 1. The third kappa shape index (κ3) is 6.68. The number of nitrogens with zero attached hydrogens (tertiary/aromatic N) is 4. The van der Waals surface area contributed by atoms with Crippen LogP contribution in [-0.2, 0) is 6.54 Å². The quantitative estimate of drug-likeness (QED) is 0.284. The maximum absolute atomic E-state index is 13.2. The van der Waals surface area contributed by atoms with Gasteiger partial charge in [-0.3, -0.25) is 9.69 Å². The number of carbonyl (C=O) groups is 1. The monoisotopic (exact) mass is 553 g/mol. The van der Waals surface area contributed by atoms with Crippen molar-refractivity contribution in [3.05, 3.63) is 107 Å². The molecule has 3 aromatic carbocycles. The van der Waals surface area contributed by atoms with Gasteiger partial charge in [0.05, 0.1) is 23.0 Å². The summed E-state index contributed by atoms with van der Waals surface area (Å²) in [5.74, 6) is 0.604. The van der Waals surface area contributed by atoms with Crippen LogP contribution in [0.4, 0.5) is 20.3 Å². The predicted molar refractivity (Wildman–Crippen MR) is 154 cm³/mol. The fourth-order valence-corrected chi connectivity index (χ4v) is 5.00. The first-order chi connectivity index (χ1) is 19.9. The van der Waals surface area contributed by atoms with Crippen molar-refractivity contribution < 1.29 is 18.3 Å². The molecular formula is C32H29F2N5O2. The molecule has 1 aromatic heterocycles. The third-order valence-electron chi connectivity index (χ3n) is 7.09. The number of alkyl halides is 2. The Hall–Kier alpha value is -4.81. The highest BCUT2D eigenvalue weighted by molar-refractivity contribution is 6.07. The maximum atomic E-state index is 13.2. The van der Waals surface area contributed by atoms with Crippen LogP contribution in [0, 0.1) is 18.3 Å². The summed E-state index contributed by atoms with van der Waals surface area (Å²) in [6, 6.07) is 25.8. The second kappa shape index (κ2) is 12.6. The van der Waals surface area contributed by atoms with E-state index in [0.29, 0.717) is 16.8 Å². The van der Waals surface area contributed by atoms with E-state index in [1.165, 1.54) is 0 Å². The zero-order chi connectivity index (χ0) is 28.8. The minimum absolute atomic E-state index is 0.153. The number of hydrogen-bond acceptors (Lipinski definition) is 6. The number of halogens is 2. The SMILES string of the molecule is Cc1ccc(C(=O)Nc2ccc(N3CCN(Cc4ccc(OC(F)F)cc4)CC3)nc2)c(C#N)c1-c1ccccc1. The average Bonchev–Trinajstić information content (AvgIpc) is 2.99. The van der Waals surface area contributed by atoms with Crippen LogP contribution in [0.2, 0.25) is 0 Å². The lowest BCUT2D eigenvalue weighted by molar-refractivity contribution is -0.0498. The number of pyridine rings is 1. The average molecular weight is 554 g/mol. The van der Waals surface area contributed by atoms with Crippen molar-refractivity contribution in [2.75, 3.05) is 36.4 Å². The highest BCUT2D eigenvalue weighted by Gasteiger charge is 2.20. The molecule has 1 saturated heterocycles. The van der Waals surface area contributed by atoms with Gasteiger partial charge in [-0.05, 0) is 53.9 Å². The molecule has 208 valence electrons. The highest BCUT2D eigenvalue weighted by Crippen LogP contribution is 2.30. The van der Waals surface area contributed by atoms with Crippen molar-refractivity contribution in [1.29, 1.82) is 5.26 Å². The van der Waals surface area contributed by atoms with Gasteiger partial charge in [0.2, 0.25) is 0 Å². The van der Waals surface area contributed by atoms with Gasteiger partial charge >= 0.3 is 6.61 Å². The van der Waals surface area contributed by atoms with E-state index in [1.807, 2.05) is 55.5 Å². The molecule has 0 radical (unpaired) electrons. The number of nitriles is 1. The minimum atomic E-state index is -2.83. The number of amides is 1. The van der Waals surface area contributed by atoms with Crippen LogP contribution in [0.15, 0.2) is 85.1 Å². The summed E-state index contributed by atoms with van der Waals surface area (Å²) < 4.78 is 29.1. The number of rotatable bonds is 8. The van der Waals surface area contributed by atoms with E-state index < -0.39 is 6.61 Å². The molecule has 2 heterocycles. The van der Waals surface area contributed by atoms with E-state index in [1.54, 1.807) is 36.5 Å². The van der Waals surface area contributed by atoms with Gasteiger partial charge in [0.25, 0.3) is 5.91 Å². The van der Waals surface area contributed by atoms with Crippen molar-refractivity contribution in [3.63, 3.8) is 0 Å². The summed E-state index contributed by atoms with van der Waals surface area (Å²) in [5, 5.41) is 12.8. The molecule has 0 atom stereocenters. The Kier molecular flexibility index (Phi) is 8.51. The topological polar surface area (TPSA) is 81.5 Å². The van der Waals surface area contributed by atoms with Crippen LogP contribution in [0.25, 0.3) is 11.1 Å². The zero-order valence-electron chi connectivity index (χ0n) is 22.6. The molecule has 0 saturated carbocycles. The highest BCUT2D eigenvalue weighted by atomic mass is 19.3. The molecule has 0 bridgehead atoms. The molecule has 4 aromatic rings. The Labute approximate surface area is 237 Å². The molecule has 1 amide bonds. The van der Waals surface area contributed by atoms with Gasteiger partial charge in [-0.15, -0.1) is 0 Å². The molecule has 9 heteroatoms. The van der Waals surface area contributed by atoms with E-state index in [-0.39, 0.29) is 11.7 Å². The van der Waals surface area contributed by atoms with Crippen molar-refractivity contribution in [3.8, 4) is 22.9 Å². The molecule has 1 aliphatic rings. The first-order valence-electron chi connectivity index (χ1n) is 13.3. The van der Waals surface area contributed by atoms with E-state index in [2.05, 4.69) is 30.9 Å². The van der Waals surface area contributed by atoms with Crippen LogP contribution in [0.3, 0.4) is 0 Å². The van der Waals surface area contributed by atoms with Crippen molar-refractivity contribution in [2.45, 2.75) is 20.1 Å². The van der Waals surface area contributed by atoms with Gasteiger partial charge in [0.15, 0.2) is 0 Å². The van der Waals surface area contributed by atoms with Gasteiger partial charge < -0.3 is 15.0 Å². The third-order valence-corrected chi connectivity index (χ3v) is 7.09. The second-order valence-electron chi connectivity index (χ2n) is 9.80. The van der Waals surface area contributed by atoms with Crippen molar-refractivity contribution in [2.24, 2.45) is 0 Å². The Morgan fingerprint density at radius 3 is 2.37 bits per heavy atom. The summed E-state index contributed by atoms with van der Waals surface area (Å²) in [6.45, 7) is 3.03. The molecular weight excluding hydrogens is 524 g/mol. The van der Waals surface area contributed by atoms with E-state index in [4.69, 9.17) is 0 Å². The van der Waals surface area contributed by atoms with Gasteiger partial charge in [-0.25, -0.2) is 4.98 Å². The molecule has 41 heavy (non-hydrogen) atoms. The molecule has 1 fully saturated rings. The van der Waals surface area contributed by atoms with Crippen LogP contribution < -0.4 is 15.0 Å². The normalized spacial score (nSPS) is 13.6. The van der Waals surface area contributed by atoms with Crippen molar-refractivity contribution in [1.82, 2.24) is 9.88 Å². The number of ether oxygens (including phenoxy) is 1. The van der Waals surface area contributed by atoms with E-state index in [9.17, 15) is 18.8 Å². The number of nitrogens with one attached hydrogen (secondary N) is 1. The molecule has 1 aliphatic heterocycles. The lowest BCUT2D eigenvalue weighted by atomic mass is 9.91. The Morgan fingerprint density at radius 2 is 1.73 bits per heavy atom. The molecule has 5 rings (SSSR count). The summed E-state index contributed by atoms with van der Waals surface area (Å²) in [6.07, 6.45) is 1.63. The van der Waals surface area contributed by atoms with Gasteiger partial charge in [0.1, 0.15) is 17.6 Å². The molecule has 7 nitrogen and oxygen atoms in total. The van der Waals surface area contributed by atoms with Crippen LogP contribution >= 0.6 is 0 Å². The summed E-state index contributed by atoms with van der Waals surface area (Å²) in [5.41, 5.74) is 4.80. The molecule has 0 unspecified atom stereocenters. The first-order valence-corrected chi connectivity index (χ1v) is 13.3. The van der Waals surface area contributed by atoms with Gasteiger partial charge in [-0.1, -0.05) is 48.5 Å². The first kappa shape index (κ1) is 27.7. The Bertz CT molecular complexity index is 1530. The maximum Gasteiger partial charge on any atom is 0.387 e. The summed E-state index contributed by atoms with van der Waals surface area (Å²) in [7, 11) is 0. The van der Waals surface area contributed by atoms with Crippen LogP contribution in [0.1, 0.15) is 27.0 Å². The number of carbonyl (C=O) groups excluding carboxylic acids is 1. The second-order valence-corrected chi connectivity index (χ2v) is 9.80. The lowest BCUT2D eigenvalue weighted by Crippen LogP contribution is -2.46. The van der Waals surface area contributed by atoms with Crippen molar-refractivity contribution >= 4 is 17.4 Å². The summed E-state index contributed by atoms with van der Waals surface area (Å²) in [4.78, 5) is 22.2. The molecule has 0 aliphatic carbocycles. The number of benzene rings is 3. The van der Waals surface area contributed by atoms with Crippen LogP contribution in [-0.4, -0.2) is 48.6 Å². The smallest absolute Gasteiger partial charge is 0.387 e. The largest absolute Gasteiger partial charge is 0.435 e.